The number of thioether (sulfide) groups is 1. The third-order valence-electron chi connectivity index (χ3n) is 3.43. The van der Waals surface area contributed by atoms with Gasteiger partial charge in [0.25, 0.3) is 0 Å². The van der Waals surface area contributed by atoms with Gasteiger partial charge < -0.3 is 15.4 Å². The van der Waals surface area contributed by atoms with Gasteiger partial charge in [0, 0.05) is 23.7 Å². The van der Waals surface area contributed by atoms with E-state index in [1.807, 2.05) is 0 Å². The quantitative estimate of drug-likeness (QED) is 0.458. The molecule has 0 saturated carbocycles. The number of amides is 1. The van der Waals surface area contributed by atoms with E-state index in [0.29, 0.717) is 26.9 Å². The Labute approximate surface area is 164 Å². The van der Waals surface area contributed by atoms with E-state index in [9.17, 15) is 9.59 Å². The van der Waals surface area contributed by atoms with Gasteiger partial charge in [0.15, 0.2) is 5.16 Å². The van der Waals surface area contributed by atoms with Gasteiger partial charge in [-0.25, -0.2) is 4.98 Å². The van der Waals surface area contributed by atoms with Gasteiger partial charge in [-0.05, 0) is 36.4 Å². The minimum absolute atomic E-state index is 0.0747. The summed E-state index contributed by atoms with van der Waals surface area (Å²) in [5.41, 5.74) is 3.49. The van der Waals surface area contributed by atoms with Gasteiger partial charge in [0.1, 0.15) is 0 Å². The second-order valence-electron chi connectivity index (χ2n) is 5.58. The highest BCUT2D eigenvalue weighted by Gasteiger charge is 2.08. The van der Waals surface area contributed by atoms with Gasteiger partial charge in [0.2, 0.25) is 5.91 Å². The SMILES string of the molecule is CC(=O)Nc1ccc(C#Cc2cc3nc(SCC(=O)O)[nH]c3cc2Cl)cc1. The van der Waals surface area contributed by atoms with E-state index in [1.165, 1.54) is 6.92 Å². The summed E-state index contributed by atoms with van der Waals surface area (Å²) in [4.78, 5) is 29.1. The van der Waals surface area contributed by atoms with Crippen molar-refractivity contribution in [2.45, 2.75) is 12.1 Å². The first-order valence-electron chi connectivity index (χ1n) is 7.84. The van der Waals surface area contributed by atoms with Crippen LogP contribution >= 0.6 is 23.4 Å². The number of nitrogens with one attached hydrogen (secondary N) is 2. The molecule has 0 fully saturated rings. The molecule has 2 aromatic carbocycles. The zero-order chi connectivity index (χ0) is 19.4. The van der Waals surface area contributed by atoms with E-state index in [-0.39, 0.29) is 11.7 Å². The van der Waals surface area contributed by atoms with Gasteiger partial charge in [-0.2, -0.15) is 0 Å². The summed E-state index contributed by atoms with van der Waals surface area (Å²) < 4.78 is 0. The number of carbonyl (C=O) groups is 2. The lowest BCUT2D eigenvalue weighted by Crippen LogP contribution is -2.05. The molecule has 3 N–H and O–H groups in total. The van der Waals surface area contributed by atoms with Crippen LogP contribution in [0.25, 0.3) is 11.0 Å². The summed E-state index contributed by atoms with van der Waals surface area (Å²) in [6.07, 6.45) is 0. The Bertz CT molecular complexity index is 1080. The monoisotopic (exact) mass is 399 g/mol. The predicted molar refractivity (Wildman–Crippen MR) is 106 cm³/mol. The normalized spacial score (nSPS) is 10.3. The fraction of sp³-hybridized carbons (Fsp3) is 0.105. The lowest BCUT2D eigenvalue weighted by Gasteiger charge is -2.00. The molecule has 1 heterocycles. The number of halogens is 1. The molecule has 1 aromatic heterocycles. The first-order chi connectivity index (χ1) is 12.9. The third-order valence-corrected chi connectivity index (χ3v) is 4.60. The number of carbonyl (C=O) groups excluding carboxylic acids is 1. The van der Waals surface area contributed by atoms with Crippen LogP contribution in [0.1, 0.15) is 18.1 Å². The zero-order valence-electron chi connectivity index (χ0n) is 14.2. The summed E-state index contributed by atoms with van der Waals surface area (Å²) in [5.74, 6) is 4.93. The third kappa shape index (κ3) is 5.03. The molecule has 0 aliphatic carbocycles. The average Bonchev–Trinajstić information content (AvgIpc) is 3.00. The minimum Gasteiger partial charge on any atom is -0.481 e. The van der Waals surface area contributed by atoms with E-state index in [0.717, 1.165) is 22.8 Å². The summed E-state index contributed by atoms with van der Waals surface area (Å²) in [7, 11) is 0. The molecule has 27 heavy (non-hydrogen) atoms. The maximum absolute atomic E-state index is 11.0. The largest absolute Gasteiger partial charge is 0.481 e. The Morgan fingerprint density at radius 1 is 1.26 bits per heavy atom. The number of H-pyrrole nitrogens is 1. The Balaban J connectivity index is 1.82. The van der Waals surface area contributed by atoms with Crippen LogP contribution in [0.15, 0.2) is 41.6 Å². The number of imidazole rings is 1. The second kappa shape index (κ2) is 8.16. The molecule has 0 saturated heterocycles. The zero-order valence-corrected chi connectivity index (χ0v) is 15.7. The molecule has 0 atom stereocenters. The van der Waals surface area contributed by atoms with Crippen molar-refractivity contribution in [3.05, 3.63) is 52.5 Å². The van der Waals surface area contributed by atoms with E-state index in [1.54, 1.807) is 36.4 Å². The Kier molecular flexibility index (Phi) is 5.69. The van der Waals surface area contributed by atoms with E-state index in [4.69, 9.17) is 16.7 Å². The lowest BCUT2D eigenvalue weighted by atomic mass is 10.1. The molecule has 0 aliphatic heterocycles. The van der Waals surface area contributed by atoms with E-state index >= 15 is 0 Å². The predicted octanol–water partition coefficient (Wildman–Crippen LogP) is 3.75. The van der Waals surface area contributed by atoms with E-state index < -0.39 is 5.97 Å². The lowest BCUT2D eigenvalue weighted by molar-refractivity contribution is -0.133. The van der Waals surface area contributed by atoms with Crippen molar-refractivity contribution in [1.82, 2.24) is 9.97 Å². The first kappa shape index (κ1) is 18.8. The van der Waals surface area contributed by atoms with Crippen molar-refractivity contribution >= 4 is 52.0 Å². The molecule has 6 nitrogen and oxygen atoms in total. The fourth-order valence-corrected chi connectivity index (χ4v) is 3.10. The fourth-order valence-electron chi connectivity index (χ4n) is 2.28. The number of aliphatic carboxylic acids is 1. The number of fused-ring (bicyclic) bond motifs is 1. The highest BCUT2D eigenvalue weighted by Crippen LogP contribution is 2.25. The average molecular weight is 400 g/mol. The van der Waals surface area contributed by atoms with Crippen molar-refractivity contribution in [2.24, 2.45) is 0 Å². The number of benzene rings is 2. The minimum atomic E-state index is -0.908. The van der Waals surface area contributed by atoms with Gasteiger partial charge in [-0.1, -0.05) is 35.2 Å². The Morgan fingerprint density at radius 2 is 2.00 bits per heavy atom. The summed E-state index contributed by atoms with van der Waals surface area (Å²) in [5, 5.41) is 12.4. The molecule has 0 aliphatic rings. The number of hydrogen-bond donors (Lipinski definition) is 3. The van der Waals surface area contributed by atoms with Gasteiger partial charge in [-0.15, -0.1) is 0 Å². The number of nitrogens with zero attached hydrogens (tertiary/aromatic N) is 1. The van der Waals surface area contributed by atoms with Crippen LogP contribution in [0.4, 0.5) is 5.69 Å². The molecule has 0 unspecified atom stereocenters. The maximum atomic E-state index is 11.0. The smallest absolute Gasteiger partial charge is 0.313 e. The molecular weight excluding hydrogens is 386 g/mol. The molecule has 0 radical (unpaired) electrons. The molecule has 1 amide bonds. The van der Waals surface area contributed by atoms with Crippen LogP contribution in [0.5, 0.6) is 0 Å². The molecular formula is C19H14ClN3O3S. The highest BCUT2D eigenvalue weighted by molar-refractivity contribution is 7.99. The van der Waals surface area contributed by atoms with Crippen molar-refractivity contribution in [1.29, 1.82) is 0 Å². The number of aromatic nitrogens is 2. The Hall–Kier alpha value is -2.95. The van der Waals surface area contributed by atoms with Crippen molar-refractivity contribution in [3.8, 4) is 11.8 Å². The van der Waals surface area contributed by atoms with Gasteiger partial charge in [0.05, 0.1) is 21.8 Å². The molecule has 0 spiro atoms. The highest BCUT2D eigenvalue weighted by atomic mass is 35.5. The number of carboxylic acids is 1. The van der Waals surface area contributed by atoms with Gasteiger partial charge in [-0.3, -0.25) is 9.59 Å². The number of carboxylic acid groups (broad SMARTS) is 1. The van der Waals surface area contributed by atoms with Crippen LogP contribution in [0.3, 0.4) is 0 Å². The molecule has 136 valence electrons. The van der Waals surface area contributed by atoms with Crippen molar-refractivity contribution < 1.29 is 14.7 Å². The topological polar surface area (TPSA) is 95.1 Å². The number of hydrogen-bond acceptors (Lipinski definition) is 4. The van der Waals surface area contributed by atoms with Crippen molar-refractivity contribution in [3.63, 3.8) is 0 Å². The van der Waals surface area contributed by atoms with Crippen LogP contribution in [0.2, 0.25) is 5.02 Å². The number of rotatable bonds is 4. The number of anilines is 1. The Morgan fingerprint density at radius 3 is 2.67 bits per heavy atom. The first-order valence-corrected chi connectivity index (χ1v) is 9.20. The number of aromatic amines is 1. The standard InChI is InChI=1S/C19H14ClN3O3S/c1-11(24)21-14-6-3-12(4-7-14)2-5-13-8-16-17(9-15(13)20)23-19(22-16)27-10-18(25)26/h3-4,6-9H,10H2,1H3,(H,21,24)(H,22,23)(H,25,26). The van der Waals surface area contributed by atoms with Gasteiger partial charge >= 0.3 is 5.97 Å². The molecule has 3 rings (SSSR count). The van der Waals surface area contributed by atoms with Crippen molar-refractivity contribution in [2.75, 3.05) is 11.1 Å². The summed E-state index contributed by atoms with van der Waals surface area (Å²) in [6.45, 7) is 1.45. The molecule has 3 aromatic rings. The van der Waals surface area contributed by atoms with Crippen LogP contribution < -0.4 is 5.32 Å². The molecule has 8 heteroatoms. The van der Waals surface area contributed by atoms with Crippen LogP contribution in [-0.2, 0) is 9.59 Å². The van der Waals surface area contributed by atoms with E-state index in [2.05, 4.69) is 27.1 Å². The maximum Gasteiger partial charge on any atom is 0.313 e. The second-order valence-corrected chi connectivity index (χ2v) is 6.95. The van der Waals surface area contributed by atoms with Crippen LogP contribution in [-0.4, -0.2) is 32.7 Å². The summed E-state index contributed by atoms with van der Waals surface area (Å²) in [6, 6.07) is 10.6. The van der Waals surface area contributed by atoms with Crippen LogP contribution in [0, 0.1) is 11.8 Å². The summed E-state index contributed by atoms with van der Waals surface area (Å²) >= 11 is 7.40. The molecule has 0 bridgehead atoms.